The first-order valence-corrected chi connectivity index (χ1v) is 8.61. The number of likely N-dealkylation sites (N-methyl/N-ethyl adjacent to an activating group) is 1. The molecule has 1 N–H and O–H groups in total. The van der Waals surface area contributed by atoms with E-state index in [1.54, 1.807) is 7.11 Å². The van der Waals surface area contributed by atoms with Crippen LogP contribution in [0.5, 0.6) is 17.2 Å². The number of methoxy groups -OCH3 is 1. The lowest BCUT2D eigenvalue weighted by atomic mass is 10.2. The fourth-order valence-corrected chi connectivity index (χ4v) is 2.91. The van der Waals surface area contributed by atoms with Gasteiger partial charge in [-0.05, 0) is 25.2 Å². The minimum atomic E-state index is -0.100. The molecule has 0 saturated heterocycles. The number of para-hydroxylation sites is 3. The summed E-state index contributed by atoms with van der Waals surface area (Å²) in [7, 11) is 3.52. The Hall–Kier alpha value is -2.73. The lowest BCUT2D eigenvalue weighted by Gasteiger charge is -2.29. The lowest BCUT2D eigenvalue weighted by molar-refractivity contribution is -0.122. The molecule has 138 valence electrons. The summed E-state index contributed by atoms with van der Waals surface area (Å²) in [6.45, 7) is 1.81. The van der Waals surface area contributed by atoms with E-state index in [-0.39, 0.29) is 18.6 Å². The van der Waals surface area contributed by atoms with E-state index < -0.39 is 0 Å². The van der Waals surface area contributed by atoms with Crippen molar-refractivity contribution in [2.45, 2.75) is 12.6 Å². The molecule has 2 aromatic carbocycles. The van der Waals surface area contributed by atoms with Crippen molar-refractivity contribution in [1.29, 1.82) is 0 Å². The van der Waals surface area contributed by atoms with Gasteiger partial charge in [-0.2, -0.15) is 0 Å². The number of nitrogens with zero attached hydrogens (tertiary/aromatic N) is 1. The maximum absolute atomic E-state index is 12.2. The third-order valence-corrected chi connectivity index (χ3v) is 4.16. The van der Waals surface area contributed by atoms with Crippen molar-refractivity contribution in [3.8, 4) is 17.2 Å². The van der Waals surface area contributed by atoms with Gasteiger partial charge >= 0.3 is 0 Å². The molecule has 0 aliphatic carbocycles. The second kappa shape index (κ2) is 8.58. The molecule has 1 heterocycles. The normalized spacial score (nSPS) is 15.6. The highest BCUT2D eigenvalue weighted by molar-refractivity contribution is 5.78. The highest BCUT2D eigenvalue weighted by Crippen LogP contribution is 2.30. The zero-order valence-corrected chi connectivity index (χ0v) is 15.1. The number of carbonyl (C=O) groups excluding carboxylic acids is 1. The Morgan fingerprint density at radius 1 is 1.19 bits per heavy atom. The molecule has 3 rings (SSSR count). The number of hydrogen-bond donors (Lipinski definition) is 1. The van der Waals surface area contributed by atoms with E-state index >= 15 is 0 Å². The molecule has 1 amide bonds. The molecular weight excluding hydrogens is 332 g/mol. The number of fused-ring (bicyclic) bond motifs is 1. The van der Waals surface area contributed by atoms with E-state index in [1.807, 2.05) is 60.5 Å². The molecule has 1 aliphatic rings. The van der Waals surface area contributed by atoms with Gasteiger partial charge in [0.1, 0.15) is 18.5 Å². The summed E-state index contributed by atoms with van der Waals surface area (Å²) in [5.41, 5.74) is 0.951. The number of rotatable bonds is 7. The Kier molecular flexibility index (Phi) is 5.96. The van der Waals surface area contributed by atoms with Crippen LogP contribution in [0.2, 0.25) is 0 Å². The molecule has 1 atom stereocenters. The van der Waals surface area contributed by atoms with Crippen molar-refractivity contribution in [2.24, 2.45) is 0 Å². The van der Waals surface area contributed by atoms with Crippen molar-refractivity contribution in [3.63, 3.8) is 0 Å². The van der Waals surface area contributed by atoms with Crippen LogP contribution in [-0.4, -0.2) is 50.8 Å². The number of ether oxygens (including phenoxy) is 3. The third kappa shape index (κ3) is 4.67. The van der Waals surface area contributed by atoms with E-state index in [4.69, 9.17) is 14.2 Å². The SMILES string of the molecule is COc1ccccc1CNC(=O)CN(C)CC1COc2ccccc2O1. The van der Waals surface area contributed by atoms with Crippen molar-refractivity contribution in [2.75, 3.05) is 33.9 Å². The fraction of sp³-hybridized carbons (Fsp3) is 0.350. The summed E-state index contributed by atoms with van der Waals surface area (Å²) < 4.78 is 16.9. The minimum absolute atomic E-state index is 0.0458. The summed E-state index contributed by atoms with van der Waals surface area (Å²) >= 11 is 0. The van der Waals surface area contributed by atoms with Gasteiger partial charge < -0.3 is 19.5 Å². The van der Waals surface area contributed by atoms with E-state index in [0.717, 1.165) is 22.8 Å². The number of benzene rings is 2. The summed E-state index contributed by atoms with van der Waals surface area (Å²) in [4.78, 5) is 14.1. The Balaban J connectivity index is 1.45. The molecule has 0 bridgehead atoms. The zero-order chi connectivity index (χ0) is 18.4. The maximum atomic E-state index is 12.2. The fourth-order valence-electron chi connectivity index (χ4n) is 2.91. The second-order valence-corrected chi connectivity index (χ2v) is 6.28. The predicted octanol–water partition coefficient (Wildman–Crippen LogP) is 2.08. The van der Waals surface area contributed by atoms with Crippen molar-refractivity contribution >= 4 is 5.91 Å². The van der Waals surface area contributed by atoms with Gasteiger partial charge in [0.15, 0.2) is 11.5 Å². The van der Waals surface area contributed by atoms with Crippen molar-refractivity contribution in [3.05, 3.63) is 54.1 Å². The Labute approximate surface area is 153 Å². The van der Waals surface area contributed by atoms with E-state index in [9.17, 15) is 4.79 Å². The molecule has 6 nitrogen and oxygen atoms in total. The standard InChI is InChI=1S/C20H24N2O4/c1-22(12-16-14-25-18-9-5-6-10-19(18)26-16)13-20(23)21-11-15-7-3-4-8-17(15)24-2/h3-10,16H,11-14H2,1-2H3,(H,21,23). The summed E-state index contributed by atoms with van der Waals surface area (Å²) in [5, 5.41) is 2.92. The van der Waals surface area contributed by atoms with Gasteiger partial charge in [0.2, 0.25) is 5.91 Å². The monoisotopic (exact) mass is 356 g/mol. The van der Waals surface area contributed by atoms with Gasteiger partial charge in [0.05, 0.1) is 13.7 Å². The van der Waals surface area contributed by atoms with Gasteiger partial charge in [0.25, 0.3) is 0 Å². The smallest absolute Gasteiger partial charge is 0.234 e. The Morgan fingerprint density at radius 2 is 1.92 bits per heavy atom. The molecule has 1 unspecified atom stereocenters. The van der Waals surface area contributed by atoms with E-state index in [2.05, 4.69) is 5.32 Å². The van der Waals surface area contributed by atoms with Crippen molar-refractivity contribution in [1.82, 2.24) is 10.2 Å². The second-order valence-electron chi connectivity index (χ2n) is 6.28. The van der Waals surface area contributed by atoms with E-state index in [1.165, 1.54) is 0 Å². The molecule has 2 aromatic rings. The molecule has 1 aliphatic heterocycles. The van der Waals surface area contributed by atoms with Crippen LogP contribution >= 0.6 is 0 Å². The molecule has 0 fully saturated rings. The Bertz CT molecular complexity index is 750. The summed E-state index contributed by atoms with van der Waals surface area (Å²) in [6.07, 6.45) is -0.100. The number of amides is 1. The third-order valence-electron chi connectivity index (χ3n) is 4.16. The van der Waals surface area contributed by atoms with Crippen LogP contribution in [0.1, 0.15) is 5.56 Å². The Morgan fingerprint density at radius 3 is 2.73 bits per heavy atom. The lowest BCUT2D eigenvalue weighted by Crippen LogP contribution is -2.43. The largest absolute Gasteiger partial charge is 0.496 e. The minimum Gasteiger partial charge on any atom is -0.496 e. The molecule has 0 radical (unpaired) electrons. The predicted molar refractivity (Wildman–Crippen MR) is 98.7 cm³/mol. The van der Waals surface area contributed by atoms with Crippen LogP contribution in [0.3, 0.4) is 0 Å². The van der Waals surface area contributed by atoms with Gasteiger partial charge in [-0.3, -0.25) is 9.69 Å². The summed E-state index contributed by atoms with van der Waals surface area (Å²) in [6, 6.07) is 15.3. The number of carbonyl (C=O) groups is 1. The van der Waals surface area contributed by atoms with Gasteiger partial charge in [-0.1, -0.05) is 30.3 Å². The highest BCUT2D eigenvalue weighted by Gasteiger charge is 2.22. The highest BCUT2D eigenvalue weighted by atomic mass is 16.6. The van der Waals surface area contributed by atoms with Crippen LogP contribution in [-0.2, 0) is 11.3 Å². The van der Waals surface area contributed by atoms with Gasteiger partial charge in [-0.25, -0.2) is 0 Å². The van der Waals surface area contributed by atoms with Crippen molar-refractivity contribution < 1.29 is 19.0 Å². The van der Waals surface area contributed by atoms with Crippen LogP contribution < -0.4 is 19.5 Å². The van der Waals surface area contributed by atoms with Crippen LogP contribution in [0.25, 0.3) is 0 Å². The first-order valence-electron chi connectivity index (χ1n) is 8.61. The van der Waals surface area contributed by atoms with E-state index in [0.29, 0.717) is 19.7 Å². The molecule has 0 aromatic heterocycles. The van der Waals surface area contributed by atoms with Crippen LogP contribution in [0.4, 0.5) is 0 Å². The zero-order valence-electron chi connectivity index (χ0n) is 15.1. The average Bonchev–Trinajstić information content (AvgIpc) is 2.66. The first kappa shape index (κ1) is 18.1. The topological polar surface area (TPSA) is 60.0 Å². The number of nitrogens with one attached hydrogen (secondary N) is 1. The van der Waals surface area contributed by atoms with Crippen LogP contribution in [0, 0.1) is 0 Å². The van der Waals surface area contributed by atoms with Gasteiger partial charge in [0, 0.05) is 18.7 Å². The first-order chi connectivity index (χ1) is 12.7. The molecular formula is C20H24N2O4. The van der Waals surface area contributed by atoms with Gasteiger partial charge in [-0.15, -0.1) is 0 Å². The number of hydrogen-bond acceptors (Lipinski definition) is 5. The molecule has 0 saturated carbocycles. The molecule has 26 heavy (non-hydrogen) atoms. The quantitative estimate of drug-likeness (QED) is 0.823. The average molecular weight is 356 g/mol. The summed E-state index contributed by atoms with van der Waals surface area (Å²) in [5.74, 6) is 2.24. The molecule has 6 heteroatoms. The maximum Gasteiger partial charge on any atom is 0.234 e. The van der Waals surface area contributed by atoms with Crippen LogP contribution in [0.15, 0.2) is 48.5 Å². The molecule has 0 spiro atoms.